The van der Waals surface area contributed by atoms with Crippen LogP contribution in [0, 0.1) is 29.5 Å². The van der Waals surface area contributed by atoms with Crippen molar-refractivity contribution >= 4 is 21.8 Å². The van der Waals surface area contributed by atoms with E-state index < -0.39 is 5.82 Å². The Balaban J connectivity index is 1.50. The molecular weight excluding hydrogens is 333 g/mol. The third kappa shape index (κ3) is 2.23. The van der Waals surface area contributed by atoms with E-state index in [0.717, 1.165) is 28.6 Å². The van der Waals surface area contributed by atoms with E-state index in [1.807, 2.05) is 0 Å². The fourth-order valence-electron chi connectivity index (χ4n) is 5.15. The minimum atomic E-state index is -0.447. The molecule has 4 rings (SSSR count). The van der Waals surface area contributed by atoms with Crippen molar-refractivity contribution in [1.82, 2.24) is 5.32 Å². The van der Waals surface area contributed by atoms with Crippen LogP contribution in [0.15, 0.2) is 22.7 Å². The molecule has 5 atom stereocenters. The monoisotopic (exact) mass is 351 g/mol. The van der Waals surface area contributed by atoms with E-state index in [1.54, 1.807) is 12.1 Å². The summed E-state index contributed by atoms with van der Waals surface area (Å²) in [5.41, 5.74) is 0.148. The quantitative estimate of drug-likeness (QED) is 0.852. The molecule has 1 aromatic rings. The van der Waals surface area contributed by atoms with Gasteiger partial charge in [-0.3, -0.25) is 4.79 Å². The topological polar surface area (TPSA) is 29.1 Å². The molecule has 0 aliphatic heterocycles. The van der Waals surface area contributed by atoms with Crippen LogP contribution in [0.4, 0.5) is 4.39 Å². The van der Waals surface area contributed by atoms with Crippen LogP contribution in [0.25, 0.3) is 0 Å². The Kier molecular flexibility index (Phi) is 3.32. The number of rotatable bonds is 2. The van der Waals surface area contributed by atoms with Gasteiger partial charge in [0.2, 0.25) is 0 Å². The normalized spacial score (nSPS) is 36.8. The second-order valence-corrected chi connectivity index (χ2v) is 7.77. The molecule has 5 unspecified atom stereocenters. The van der Waals surface area contributed by atoms with Gasteiger partial charge in [0.25, 0.3) is 5.91 Å². The van der Waals surface area contributed by atoms with Crippen LogP contribution in [0.3, 0.4) is 0 Å². The minimum Gasteiger partial charge on any atom is -0.349 e. The van der Waals surface area contributed by atoms with E-state index >= 15 is 0 Å². The lowest BCUT2D eigenvalue weighted by atomic mass is 9.79. The number of benzene rings is 1. The van der Waals surface area contributed by atoms with Crippen LogP contribution in [-0.4, -0.2) is 11.9 Å². The summed E-state index contributed by atoms with van der Waals surface area (Å²) < 4.78 is 14.5. The number of hydrogen-bond acceptors (Lipinski definition) is 1. The lowest BCUT2D eigenvalue weighted by Crippen LogP contribution is -2.42. The number of fused-ring (bicyclic) bond motifs is 5. The Morgan fingerprint density at radius 3 is 2.86 bits per heavy atom. The first kappa shape index (κ1) is 13.7. The lowest BCUT2D eigenvalue weighted by molar-refractivity contribution is 0.0897. The van der Waals surface area contributed by atoms with Gasteiger partial charge in [0.1, 0.15) is 5.82 Å². The summed E-state index contributed by atoms with van der Waals surface area (Å²) >= 11 is 3.30. The summed E-state index contributed by atoms with van der Waals surface area (Å²) in [6.07, 6.45) is 6.41. The second kappa shape index (κ2) is 5.08. The van der Waals surface area contributed by atoms with Gasteiger partial charge < -0.3 is 5.32 Å². The van der Waals surface area contributed by atoms with Crippen LogP contribution in [-0.2, 0) is 0 Å². The van der Waals surface area contributed by atoms with Crippen LogP contribution >= 0.6 is 15.9 Å². The summed E-state index contributed by atoms with van der Waals surface area (Å²) in [6, 6.07) is 4.77. The van der Waals surface area contributed by atoms with Crippen molar-refractivity contribution in [3.63, 3.8) is 0 Å². The Morgan fingerprint density at radius 2 is 2.00 bits per heavy atom. The number of nitrogens with one attached hydrogen (secondary N) is 1. The number of carbonyl (C=O) groups excluding carboxylic acids is 1. The van der Waals surface area contributed by atoms with Crippen LogP contribution < -0.4 is 5.32 Å². The third-order valence-corrected chi connectivity index (χ3v) is 6.41. The molecule has 3 saturated carbocycles. The molecular formula is C17H19BrFNO. The van der Waals surface area contributed by atoms with Crippen molar-refractivity contribution < 1.29 is 9.18 Å². The van der Waals surface area contributed by atoms with Crippen molar-refractivity contribution in [2.45, 2.75) is 38.1 Å². The average Bonchev–Trinajstić information content (AvgIpc) is 3.13. The zero-order valence-electron chi connectivity index (χ0n) is 11.8. The molecule has 21 heavy (non-hydrogen) atoms. The molecule has 0 heterocycles. The number of amides is 1. The average molecular weight is 352 g/mol. The standard InChI is InChI=1S/C17H19BrFNO/c18-10-4-5-15(19)14(8-10)17(21)20-16-7-9-6-13(16)12-3-1-2-11(9)12/h4-5,8-9,11-13,16H,1-3,6-7H2,(H,20,21). The van der Waals surface area contributed by atoms with Gasteiger partial charge in [-0.2, -0.15) is 0 Å². The lowest BCUT2D eigenvalue weighted by Gasteiger charge is -2.32. The van der Waals surface area contributed by atoms with Gasteiger partial charge in [0.15, 0.2) is 0 Å². The highest BCUT2D eigenvalue weighted by Gasteiger charge is 2.54. The fraction of sp³-hybridized carbons (Fsp3) is 0.588. The Labute approximate surface area is 132 Å². The maximum Gasteiger partial charge on any atom is 0.254 e. The van der Waals surface area contributed by atoms with E-state index in [0.29, 0.717) is 5.92 Å². The van der Waals surface area contributed by atoms with Crippen LogP contribution in [0.5, 0.6) is 0 Å². The molecule has 1 N–H and O–H groups in total. The molecule has 3 fully saturated rings. The maximum absolute atomic E-state index is 13.8. The molecule has 3 aliphatic rings. The van der Waals surface area contributed by atoms with Gasteiger partial charge in [-0.15, -0.1) is 0 Å². The van der Waals surface area contributed by atoms with Crippen molar-refractivity contribution in [3.8, 4) is 0 Å². The smallest absolute Gasteiger partial charge is 0.254 e. The molecule has 112 valence electrons. The van der Waals surface area contributed by atoms with Gasteiger partial charge in [-0.1, -0.05) is 22.4 Å². The summed E-state index contributed by atoms with van der Waals surface area (Å²) in [6.45, 7) is 0. The first-order chi connectivity index (χ1) is 10.1. The first-order valence-electron chi connectivity index (χ1n) is 7.89. The predicted octanol–water partition coefficient (Wildman–Crippen LogP) is 4.14. The van der Waals surface area contributed by atoms with Gasteiger partial charge >= 0.3 is 0 Å². The molecule has 1 aromatic carbocycles. The number of carbonyl (C=O) groups is 1. The summed E-state index contributed by atoms with van der Waals surface area (Å²) in [7, 11) is 0. The Morgan fingerprint density at radius 1 is 1.19 bits per heavy atom. The van der Waals surface area contributed by atoms with Crippen molar-refractivity contribution in [2.75, 3.05) is 0 Å². The molecule has 0 spiro atoms. The number of halogens is 2. The molecule has 0 aromatic heterocycles. The molecule has 2 nitrogen and oxygen atoms in total. The Hall–Kier alpha value is -0.900. The highest BCUT2D eigenvalue weighted by molar-refractivity contribution is 9.10. The van der Waals surface area contributed by atoms with Crippen LogP contribution in [0.1, 0.15) is 42.5 Å². The predicted molar refractivity (Wildman–Crippen MR) is 82.4 cm³/mol. The van der Waals surface area contributed by atoms with E-state index in [4.69, 9.17) is 0 Å². The largest absolute Gasteiger partial charge is 0.349 e. The molecule has 0 saturated heterocycles. The molecule has 3 aliphatic carbocycles. The second-order valence-electron chi connectivity index (χ2n) is 6.86. The minimum absolute atomic E-state index is 0.148. The fourth-order valence-corrected chi connectivity index (χ4v) is 5.51. The molecule has 1 amide bonds. The van der Waals surface area contributed by atoms with E-state index in [2.05, 4.69) is 21.2 Å². The summed E-state index contributed by atoms with van der Waals surface area (Å²) in [5, 5.41) is 3.11. The molecule has 2 bridgehead atoms. The van der Waals surface area contributed by atoms with Crippen molar-refractivity contribution in [2.24, 2.45) is 23.7 Å². The van der Waals surface area contributed by atoms with Gasteiger partial charge in [-0.25, -0.2) is 4.39 Å². The van der Waals surface area contributed by atoms with E-state index in [9.17, 15) is 9.18 Å². The highest BCUT2D eigenvalue weighted by atomic mass is 79.9. The van der Waals surface area contributed by atoms with Crippen LogP contribution in [0.2, 0.25) is 0 Å². The number of hydrogen-bond donors (Lipinski definition) is 1. The summed E-state index contributed by atoms with van der Waals surface area (Å²) in [4.78, 5) is 12.4. The van der Waals surface area contributed by atoms with Gasteiger partial charge in [0.05, 0.1) is 5.56 Å². The first-order valence-corrected chi connectivity index (χ1v) is 8.68. The maximum atomic E-state index is 13.8. The zero-order chi connectivity index (χ0) is 14.6. The SMILES string of the molecule is O=C(NC1CC2CC1C1CCCC21)c1cc(Br)ccc1F. The highest BCUT2D eigenvalue weighted by Crippen LogP contribution is 2.58. The molecule has 4 heteroatoms. The van der Waals surface area contributed by atoms with Crippen molar-refractivity contribution in [1.29, 1.82) is 0 Å². The van der Waals surface area contributed by atoms with E-state index in [-0.39, 0.29) is 17.5 Å². The Bertz CT molecular complexity index is 590. The molecule has 0 radical (unpaired) electrons. The summed E-state index contributed by atoms with van der Waals surface area (Å²) in [5.74, 6) is 2.42. The van der Waals surface area contributed by atoms with Gasteiger partial charge in [0, 0.05) is 10.5 Å². The zero-order valence-corrected chi connectivity index (χ0v) is 13.4. The van der Waals surface area contributed by atoms with Gasteiger partial charge in [-0.05, 0) is 67.6 Å². The van der Waals surface area contributed by atoms with Crippen molar-refractivity contribution in [3.05, 3.63) is 34.1 Å². The van der Waals surface area contributed by atoms with E-state index in [1.165, 1.54) is 31.7 Å². The third-order valence-electron chi connectivity index (χ3n) is 5.92.